The smallest absolute Gasteiger partial charge is 0.463 e. The summed E-state index contributed by atoms with van der Waals surface area (Å²) in [7, 11) is 0. The van der Waals surface area contributed by atoms with Gasteiger partial charge in [-0.05, 0) is 12.8 Å². The van der Waals surface area contributed by atoms with Crippen molar-refractivity contribution in [1.82, 2.24) is 4.90 Å². The van der Waals surface area contributed by atoms with E-state index < -0.39 is 36.7 Å². The lowest BCUT2D eigenvalue weighted by atomic mass is 10.1. The monoisotopic (exact) mass is 305 g/mol. The average molecular weight is 305 g/mol. The summed E-state index contributed by atoms with van der Waals surface area (Å²) in [6.07, 6.45) is -6.49. The number of carbonyl (C=O) groups is 2. The van der Waals surface area contributed by atoms with Crippen molar-refractivity contribution in [3.63, 3.8) is 0 Å². The molecule has 20 heavy (non-hydrogen) atoms. The number of rotatable bonds is 4. The Labute approximate surface area is 110 Å². The summed E-state index contributed by atoms with van der Waals surface area (Å²) in [6.45, 7) is -1.26. The van der Waals surface area contributed by atoms with Gasteiger partial charge in [0, 0.05) is 13.1 Å². The number of carbonyl (C=O) groups excluding carboxylic acids is 1. The third kappa shape index (κ3) is 3.78. The molecule has 10 heteroatoms. The maximum absolute atomic E-state index is 12.8. The summed E-state index contributed by atoms with van der Waals surface area (Å²) in [6, 6.07) is 0. The first-order chi connectivity index (χ1) is 9.05. The molecule has 0 aromatic heterocycles. The minimum atomic E-state index is -5.93. The molecule has 116 valence electrons. The number of carboxylic acid groups (broad SMARTS) is 1. The number of hydrogen-bond acceptors (Lipinski definition) is 3. The predicted molar refractivity (Wildman–Crippen MR) is 54.2 cm³/mol. The summed E-state index contributed by atoms with van der Waals surface area (Å²) in [4.78, 5) is 21.8. The van der Waals surface area contributed by atoms with E-state index in [4.69, 9.17) is 9.84 Å². The fourth-order valence-electron chi connectivity index (χ4n) is 1.73. The van der Waals surface area contributed by atoms with Crippen molar-refractivity contribution < 1.29 is 41.4 Å². The normalized spacial score (nSPS) is 18.1. The van der Waals surface area contributed by atoms with Gasteiger partial charge in [0.1, 0.15) is 6.61 Å². The Bertz CT molecular complexity index is 376. The van der Waals surface area contributed by atoms with Gasteiger partial charge in [-0.15, -0.1) is 0 Å². The fraction of sp³-hybridized carbons (Fsp3) is 0.800. The van der Waals surface area contributed by atoms with Gasteiger partial charge in [0.05, 0.1) is 6.10 Å². The second kappa shape index (κ2) is 5.90. The molecule has 1 fully saturated rings. The predicted octanol–water partition coefficient (Wildman–Crippen LogP) is 1.28. The van der Waals surface area contributed by atoms with E-state index >= 15 is 0 Å². The zero-order valence-corrected chi connectivity index (χ0v) is 10.1. The Hall–Kier alpha value is -1.45. The molecule has 1 rings (SSSR count). The Morgan fingerprint density at radius 3 is 2.05 bits per heavy atom. The molecule has 1 heterocycles. The maximum atomic E-state index is 12.8. The van der Waals surface area contributed by atoms with Gasteiger partial charge < -0.3 is 14.7 Å². The molecule has 0 aromatic rings. The van der Waals surface area contributed by atoms with Gasteiger partial charge in [0.25, 0.3) is 0 Å². The molecule has 0 saturated carbocycles. The van der Waals surface area contributed by atoms with Crippen LogP contribution < -0.4 is 0 Å². The zero-order chi connectivity index (χ0) is 15.6. The lowest BCUT2D eigenvalue weighted by Gasteiger charge is -2.34. The van der Waals surface area contributed by atoms with Crippen LogP contribution in [-0.4, -0.2) is 59.8 Å². The number of ether oxygens (including phenoxy) is 1. The topological polar surface area (TPSA) is 66.8 Å². The number of piperidine rings is 1. The first-order valence-corrected chi connectivity index (χ1v) is 5.63. The van der Waals surface area contributed by atoms with Crippen LogP contribution in [0.5, 0.6) is 0 Å². The second-order valence-electron chi connectivity index (χ2n) is 4.27. The highest BCUT2D eigenvalue weighted by molar-refractivity contribution is 5.84. The van der Waals surface area contributed by atoms with Crippen LogP contribution in [0.1, 0.15) is 12.8 Å². The van der Waals surface area contributed by atoms with E-state index in [0.29, 0.717) is 4.90 Å². The summed E-state index contributed by atoms with van der Waals surface area (Å²) in [5.41, 5.74) is 0. The van der Waals surface area contributed by atoms with Crippen LogP contribution in [0.3, 0.4) is 0 Å². The van der Waals surface area contributed by atoms with Crippen LogP contribution in [0.4, 0.5) is 22.0 Å². The van der Waals surface area contributed by atoms with E-state index in [-0.39, 0.29) is 25.9 Å². The largest absolute Gasteiger partial charge is 0.480 e. The number of halogens is 5. The number of hydrogen-bond donors (Lipinski definition) is 1. The Morgan fingerprint density at radius 2 is 1.65 bits per heavy atom. The average Bonchev–Trinajstić information content (AvgIpc) is 2.34. The summed E-state index contributed by atoms with van der Waals surface area (Å²) >= 11 is 0. The van der Waals surface area contributed by atoms with E-state index in [1.165, 1.54) is 0 Å². The van der Waals surface area contributed by atoms with Crippen LogP contribution in [0.15, 0.2) is 0 Å². The van der Waals surface area contributed by atoms with Crippen LogP contribution in [0.2, 0.25) is 0 Å². The van der Waals surface area contributed by atoms with Crippen molar-refractivity contribution in [3.05, 3.63) is 0 Å². The van der Waals surface area contributed by atoms with E-state index in [2.05, 4.69) is 0 Å². The first kappa shape index (κ1) is 16.6. The van der Waals surface area contributed by atoms with Crippen LogP contribution in [0.25, 0.3) is 0 Å². The van der Waals surface area contributed by atoms with Crippen molar-refractivity contribution in [3.8, 4) is 0 Å². The summed E-state index contributed by atoms with van der Waals surface area (Å²) in [5, 5.41) is 8.37. The Morgan fingerprint density at radius 1 is 1.15 bits per heavy atom. The van der Waals surface area contributed by atoms with Gasteiger partial charge >= 0.3 is 24.0 Å². The van der Waals surface area contributed by atoms with Gasteiger partial charge in [-0.3, -0.25) is 4.79 Å². The lowest BCUT2D eigenvalue weighted by Crippen LogP contribution is -2.54. The third-order valence-corrected chi connectivity index (χ3v) is 2.80. The summed E-state index contributed by atoms with van der Waals surface area (Å²) in [5.74, 6) is -8.92. The van der Waals surface area contributed by atoms with Gasteiger partial charge in [0.2, 0.25) is 0 Å². The Kier molecular flexibility index (Phi) is 4.90. The minimum absolute atomic E-state index is 0.00690. The molecular formula is C10H12F5NO4. The van der Waals surface area contributed by atoms with Crippen molar-refractivity contribution in [2.75, 3.05) is 19.7 Å². The van der Waals surface area contributed by atoms with E-state index in [9.17, 15) is 31.5 Å². The molecule has 1 aliphatic heterocycles. The second-order valence-corrected chi connectivity index (χ2v) is 4.27. The molecule has 0 atom stereocenters. The summed E-state index contributed by atoms with van der Waals surface area (Å²) < 4.78 is 66.7. The number of likely N-dealkylation sites (tertiary alicyclic amines) is 1. The SMILES string of the molecule is O=C(O)COC1CCN(C(=O)C(F)(F)C(F)(F)F)CC1. The zero-order valence-electron chi connectivity index (χ0n) is 10.1. The van der Waals surface area contributed by atoms with Gasteiger partial charge in [-0.25, -0.2) is 4.79 Å². The van der Waals surface area contributed by atoms with E-state index in [1.807, 2.05) is 0 Å². The van der Waals surface area contributed by atoms with Crippen LogP contribution in [-0.2, 0) is 14.3 Å². The highest BCUT2D eigenvalue weighted by Gasteiger charge is 2.64. The fourth-order valence-corrected chi connectivity index (χ4v) is 1.73. The number of alkyl halides is 5. The van der Waals surface area contributed by atoms with Gasteiger partial charge in [0.15, 0.2) is 0 Å². The number of nitrogens with zero attached hydrogens (tertiary/aromatic N) is 1. The molecule has 0 radical (unpaired) electrons. The molecule has 0 spiro atoms. The third-order valence-electron chi connectivity index (χ3n) is 2.80. The van der Waals surface area contributed by atoms with Gasteiger partial charge in [-0.1, -0.05) is 0 Å². The van der Waals surface area contributed by atoms with Crippen LogP contribution in [0, 0.1) is 0 Å². The molecule has 1 N–H and O–H groups in total. The quantitative estimate of drug-likeness (QED) is 0.795. The van der Waals surface area contributed by atoms with Crippen LogP contribution >= 0.6 is 0 Å². The highest BCUT2D eigenvalue weighted by Crippen LogP contribution is 2.37. The molecule has 0 aliphatic carbocycles. The number of carboxylic acids is 1. The van der Waals surface area contributed by atoms with Crippen molar-refractivity contribution in [1.29, 1.82) is 0 Å². The molecular weight excluding hydrogens is 293 g/mol. The lowest BCUT2D eigenvalue weighted by molar-refractivity contribution is -0.275. The highest BCUT2D eigenvalue weighted by atomic mass is 19.4. The molecule has 0 unspecified atom stereocenters. The maximum Gasteiger partial charge on any atom is 0.463 e. The van der Waals surface area contributed by atoms with Crippen molar-refractivity contribution in [2.45, 2.75) is 31.0 Å². The van der Waals surface area contributed by atoms with Gasteiger partial charge in [-0.2, -0.15) is 22.0 Å². The number of aliphatic carboxylic acids is 1. The molecule has 5 nitrogen and oxygen atoms in total. The molecule has 1 amide bonds. The van der Waals surface area contributed by atoms with Crippen molar-refractivity contribution in [2.24, 2.45) is 0 Å². The van der Waals surface area contributed by atoms with E-state index in [0.717, 1.165) is 0 Å². The molecule has 1 saturated heterocycles. The number of amides is 1. The molecule has 0 aromatic carbocycles. The standard InChI is InChI=1S/C10H12F5NO4/c11-9(12,10(13,14)15)8(19)16-3-1-6(2-4-16)20-5-7(17)18/h6H,1-5H2,(H,17,18). The van der Waals surface area contributed by atoms with E-state index in [1.54, 1.807) is 0 Å². The minimum Gasteiger partial charge on any atom is -0.480 e. The Balaban J connectivity index is 2.53. The molecule has 1 aliphatic rings. The molecule has 0 bridgehead atoms. The van der Waals surface area contributed by atoms with Crippen molar-refractivity contribution >= 4 is 11.9 Å². The first-order valence-electron chi connectivity index (χ1n) is 5.63.